The molecule has 2 aromatic carbocycles. The van der Waals surface area contributed by atoms with Crippen molar-refractivity contribution in [3.05, 3.63) is 42.0 Å². The normalized spacial score (nSPS) is 12.2. The summed E-state index contributed by atoms with van der Waals surface area (Å²) >= 11 is 0. The predicted octanol–water partition coefficient (Wildman–Crippen LogP) is 7.18. The van der Waals surface area contributed by atoms with Crippen LogP contribution >= 0.6 is 0 Å². The number of carbonyl (C=O) groups is 1. The highest BCUT2D eigenvalue weighted by Gasteiger charge is 2.21. The second-order valence-corrected chi connectivity index (χ2v) is 11.2. The molecule has 0 amide bonds. The minimum atomic E-state index is -1.37. The Morgan fingerprint density at radius 3 is 1.68 bits per heavy atom. The molecule has 5 nitrogen and oxygen atoms in total. The lowest BCUT2D eigenvalue weighted by atomic mass is 10.0. The summed E-state index contributed by atoms with van der Waals surface area (Å²) in [5, 5.41) is 30.9. The number of aliphatic hydroxyl groups is 1. The lowest BCUT2D eigenvalue weighted by molar-refractivity contribution is -0.930. The van der Waals surface area contributed by atoms with E-state index in [4.69, 9.17) is 0 Å². The van der Waals surface area contributed by atoms with Gasteiger partial charge in [0, 0.05) is 5.56 Å². The van der Waals surface area contributed by atoms with Gasteiger partial charge in [-0.2, -0.15) is 0 Å². The molecule has 0 aliphatic rings. The summed E-state index contributed by atoms with van der Waals surface area (Å²) in [6.45, 7) is 4.80. The number of aliphatic hydroxyl groups excluding tert-OH is 1. The molecule has 210 valence electrons. The molecule has 2 N–H and O–H groups in total. The molecule has 0 bridgehead atoms. The monoisotopic (exact) mass is 515 g/mol. The molecule has 0 aromatic heterocycles. The first-order chi connectivity index (χ1) is 17.7. The number of benzene rings is 2. The van der Waals surface area contributed by atoms with E-state index in [2.05, 4.69) is 27.9 Å². The maximum Gasteiger partial charge on any atom is 0.180 e. The van der Waals surface area contributed by atoms with Crippen molar-refractivity contribution in [2.75, 3.05) is 20.8 Å². The Hall–Kier alpha value is -2.11. The van der Waals surface area contributed by atoms with Gasteiger partial charge in [-0.15, -0.1) is 0 Å². The van der Waals surface area contributed by atoms with Crippen molar-refractivity contribution in [2.24, 2.45) is 0 Å². The molecular weight excluding hydrogens is 462 g/mol. The topological polar surface area (TPSA) is 80.6 Å². The summed E-state index contributed by atoms with van der Waals surface area (Å²) in [4.78, 5) is 10.6. The van der Waals surface area contributed by atoms with Crippen LogP contribution in [0.4, 0.5) is 0 Å². The Kier molecular flexibility index (Phi) is 16.9. The van der Waals surface area contributed by atoms with Gasteiger partial charge in [0.1, 0.15) is 5.75 Å². The molecule has 0 radical (unpaired) electrons. The highest BCUT2D eigenvalue weighted by atomic mass is 16.4. The van der Waals surface area contributed by atoms with E-state index in [0.29, 0.717) is 6.04 Å². The Bertz CT molecular complexity index is 880. The van der Waals surface area contributed by atoms with Gasteiger partial charge in [0.15, 0.2) is 6.73 Å². The third-order valence-corrected chi connectivity index (χ3v) is 7.62. The number of aromatic hydroxyl groups is 1. The Morgan fingerprint density at radius 2 is 1.24 bits per heavy atom. The average Bonchev–Trinajstić information content (AvgIpc) is 2.88. The number of carbonyl (C=O) groups excluding carboxylic acids is 1. The molecule has 0 aliphatic carbocycles. The Balaban J connectivity index is 0.000000411. The molecule has 2 aromatic rings. The summed E-state index contributed by atoms with van der Waals surface area (Å²) in [6.07, 6.45) is 21.1. The first-order valence-electron chi connectivity index (χ1n) is 14.6. The van der Waals surface area contributed by atoms with Crippen LogP contribution < -0.4 is 5.11 Å². The van der Waals surface area contributed by atoms with Gasteiger partial charge in [0.2, 0.25) is 0 Å². The molecule has 0 heterocycles. The minimum absolute atomic E-state index is 0.177. The molecule has 0 spiro atoms. The number of aromatic carboxylic acids is 1. The van der Waals surface area contributed by atoms with Crippen LogP contribution in [0.15, 0.2) is 36.4 Å². The van der Waals surface area contributed by atoms with Gasteiger partial charge < -0.3 is 24.6 Å². The van der Waals surface area contributed by atoms with Crippen molar-refractivity contribution >= 4 is 16.7 Å². The van der Waals surface area contributed by atoms with Crippen LogP contribution in [-0.2, 0) is 0 Å². The lowest BCUT2D eigenvalue weighted by Crippen LogP contribution is -2.47. The summed E-state index contributed by atoms with van der Waals surface area (Å²) in [5.74, 6) is -1.63. The van der Waals surface area contributed by atoms with Crippen molar-refractivity contribution in [1.29, 1.82) is 0 Å². The fourth-order valence-corrected chi connectivity index (χ4v) is 4.51. The first-order valence-corrected chi connectivity index (χ1v) is 14.6. The van der Waals surface area contributed by atoms with Gasteiger partial charge in [-0.25, -0.2) is 0 Å². The highest BCUT2D eigenvalue weighted by molar-refractivity contribution is 5.96. The summed E-state index contributed by atoms with van der Waals surface area (Å²) in [5.41, 5.74) is -0.177. The van der Waals surface area contributed by atoms with E-state index in [0.717, 1.165) is 15.3 Å². The highest BCUT2D eigenvalue weighted by Crippen LogP contribution is 2.24. The van der Waals surface area contributed by atoms with Crippen molar-refractivity contribution in [1.82, 2.24) is 0 Å². The van der Waals surface area contributed by atoms with E-state index in [-0.39, 0.29) is 18.0 Å². The smallest absolute Gasteiger partial charge is 0.180 e. The molecule has 0 fully saturated rings. The number of nitrogens with zero attached hydrogens (tertiary/aromatic N) is 1. The number of phenols is 1. The number of fused-ring (bicyclic) bond motifs is 1. The quantitative estimate of drug-likeness (QED) is 0.125. The lowest BCUT2D eigenvalue weighted by Gasteiger charge is -2.33. The zero-order valence-corrected chi connectivity index (χ0v) is 24.0. The molecule has 0 saturated carbocycles. The molecule has 0 saturated heterocycles. The minimum Gasteiger partial charge on any atom is -0.545 e. The largest absolute Gasteiger partial charge is 0.545 e. The Labute approximate surface area is 226 Å². The second kappa shape index (κ2) is 19.0. The van der Waals surface area contributed by atoms with Crippen LogP contribution in [0.5, 0.6) is 5.75 Å². The number of hydrogen-bond donors (Lipinski definition) is 2. The fourth-order valence-electron chi connectivity index (χ4n) is 4.51. The van der Waals surface area contributed by atoms with Gasteiger partial charge in [-0.3, -0.25) is 0 Å². The van der Waals surface area contributed by atoms with Crippen molar-refractivity contribution in [3.63, 3.8) is 0 Å². The Morgan fingerprint density at radius 1 is 0.811 bits per heavy atom. The van der Waals surface area contributed by atoms with E-state index >= 15 is 0 Å². The standard InChI is InChI=1S/C21H46NO.C11H8O3/c1-5-6-7-8-9-10-11-12-13-14-15-16-17-18-19-21(2)22(3,4)20-23;12-10-6-8-4-2-1-3-7(8)5-9(10)11(13)14/h21,23H,5-20H2,1-4H3;1-6,12H,(H,13,14)/q+1;/p-1. The van der Waals surface area contributed by atoms with E-state index in [1.54, 1.807) is 18.2 Å². The molecular formula is C32H53NO4. The number of unbranched alkanes of at least 4 members (excludes halogenated alkanes) is 13. The second-order valence-electron chi connectivity index (χ2n) is 11.2. The van der Waals surface area contributed by atoms with Crippen LogP contribution in [0, 0.1) is 0 Å². The van der Waals surface area contributed by atoms with Crippen LogP contribution in [0.1, 0.15) is 121 Å². The maximum atomic E-state index is 10.6. The first kappa shape index (κ1) is 32.9. The zero-order chi connectivity index (χ0) is 27.5. The molecule has 0 aliphatic heterocycles. The summed E-state index contributed by atoms with van der Waals surface area (Å²) in [7, 11) is 4.24. The van der Waals surface area contributed by atoms with Crippen LogP contribution in [0.2, 0.25) is 0 Å². The number of rotatable bonds is 18. The number of carboxylic acid groups (broad SMARTS) is 1. The van der Waals surface area contributed by atoms with E-state index < -0.39 is 5.97 Å². The van der Waals surface area contributed by atoms with Gasteiger partial charge in [-0.1, -0.05) is 115 Å². The van der Waals surface area contributed by atoms with Crippen LogP contribution in [-0.4, -0.2) is 47.5 Å². The van der Waals surface area contributed by atoms with Crippen molar-refractivity contribution in [3.8, 4) is 5.75 Å². The third kappa shape index (κ3) is 13.8. The van der Waals surface area contributed by atoms with Gasteiger partial charge in [0.05, 0.1) is 26.1 Å². The fraction of sp³-hybridized carbons (Fsp3) is 0.656. The summed E-state index contributed by atoms with van der Waals surface area (Å²) < 4.78 is 0.735. The van der Waals surface area contributed by atoms with Gasteiger partial charge in [0.25, 0.3) is 0 Å². The van der Waals surface area contributed by atoms with Crippen LogP contribution in [0.3, 0.4) is 0 Å². The number of hydrogen-bond acceptors (Lipinski definition) is 4. The average molecular weight is 516 g/mol. The van der Waals surface area contributed by atoms with Crippen molar-refractivity contribution < 1.29 is 24.6 Å². The van der Waals surface area contributed by atoms with Gasteiger partial charge >= 0.3 is 0 Å². The predicted molar refractivity (Wildman–Crippen MR) is 154 cm³/mol. The van der Waals surface area contributed by atoms with Crippen LogP contribution in [0.25, 0.3) is 10.8 Å². The third-order valence-electron chi connectivity index (χ3n) is 7.62. The molecule has 1 atom stereocenters. The molecule has 37 heavy (non-hydrogen) atoms. The van der Waals surface area contributed by atoms with E-state index in [1.807, 2.05) is 6.07 Å². The molecule has 2 rings (SSSR count). The zero-order valence-electron chi connectivity index (χ0n) is 24.0. The van der Waals surface area contributed by atoms with E-state index in [1.165, 1.54) is 108 Å². The van der Waals surface area contributed by atoms with Gasteiger partial charge in [-0.05, 0) is 42.7 Å². The number of carboxylic acids is 1. The van der Waals surface area contributed by atoms with Crippen molar-refractivity contribution in [2.45, 2.75) is 116 Å². The number of quaternary nitrogens is 1. The van der Waals surface area contributed by atoms with E-state index in [9.17, 15) is 20.1 Å². The SMILES string of the molecule is CCCCCCCCCCCCCCCCC(C)[N+](C)(C)CO.O=C([O-])c1cc2ccccc2cc1O. The molecule has 5 heteroatoms. The summed E-state index contributed by atoms with van der Waals surface area (Å²) in [6, 6.07) is 10.6. The maximum absolute atomic E-state index is 10.6. The molecule has 1 unspecified atom stereocenters.